The third-order valence-electron chi connectivity index (χ3n) is 3.91. The summed E-state index contributed by atoms with van der Waals surface area (Å²) in [7, 11) is 0. The number of anilines is 1. The molecule has 0 unspecified atom stereocenters. The number of carbonyl (C=O) groups excluding carboxylic acids is 1. The number of rotatable bonds is 4. The third kappa shape index (κ3) is 3.56. The van der Waals surface area contributed by atoms with E-state index in [2.05, 4.69) is 25.9 Å². The molecule has 2 heterocycles. The Labute approximate surface area is 159 Å². The van der Waals surface area contributed by atoms with Crippen LogP contribution in [0.4, 0.5) is 5.69 Å². The van der Waals surface area contributed by atoms with Crippen LogP contribution in [0.1, 0.15) is 16.2 Å². The number of tetrazole rings is 1. The first-order chi connectivity index (χ1) is 13.1. The summed E-state index contributed by atoms with van der Waals surface area (Å²) < 4.78 is 3.21. The zero-order valence-corrected chi connectivity index (χ0v) is 15.0. The van der Waals surface area contributed by atoms with E-state index in [0.717, 1.165) is 11.4 Å². The first-order valence-corrected chi connectivity index (χ1v) is 8.45. The van der Waals surface area contributed by atoms with Crippen LogP contribution in [0.3, 0.4) is 0 Å². The van der Waals surface area contributed by atoms with Gasteiger partial charge in [-0.1, -0.05) is 17.7 Å². The maximum Gasteiger partial charge on any atom is 0.258 e. The Kier molecular flexibility index (Phi) is 4.39. The van der Waals surface area contributed by atoms with E-state index in [9.17, 15) is 4.79 Å². The molecule has 134 valence electrons. The predicted octanol–water partition coefficient (Wildman–Crippen LogP) is 3.06. The molecule has 0 saturated carbocycles. The average molecular weight is 380 g/mol. The Morgan fingerprint density at radius 2 is 1.93 bits per heavy atom. The molecule has 0 aliphatic heterocycles. The third-order valence-corrected chi connectivity index (χ3v) is 4.16. The lowest BCUT2D eigenvalue weighted by atomic mass is 10.2. The Morgan fingerprint density at radius 1 is 1.11 bits per heavy atom. The Morgan fingerprint density at radius 3 is 2.67 bits per heavy atom. The van der Waals surface area contributed by atoms with E-state index >= 15 is 0 Å². The number of nitrogens with zero attached hydrogens (tertiary/aromatic N) is 6. The van der Waals surface area contributed by atoms with Crippen molar-refractivity contribution in [3.63, 3.8) is 0 Å². The van der Waals surface area contributed by atoms with Crippen LogP contribution in [0.25, 0.3) is 11.4 Å². The van der Waals surface area contributed by atoms with E-state index in [4.69, 9.17) is 11.6 Å². The fourth-order valence-electron chi connectivity index (χ4n) is 2.56. The molecule has 0 saturated heterocycles. The van der Waals surface area contributed by atoms with Crippen LogP contribution in [0, 0.1) is 6.92 Å². The smallest absolute Gasteiger partial charge is 0.258 e. The lowest BCUT2D eigenvalue weighted by molar-refractivity contribution is 0.102. The molecule has 27 heavy (non-hydrogen) atoms. The molecule has 0 aliphatic rings. The first-order valence-electron chi connectivity index (χ1n) is 8.07. The van der Waals surface area contributed by atoms with E-state index in [0.29, 0.717) is 22.1 Å². The van der Waals surface area contributed by atoms with Gasteiger partial charge in [-0.3, -0.25) is 4.79 Å². The number of amides is 1. The van der Waals surface area contributed by atoms with Crippen LogP contribution >= 0.6 is 11.6 Å². The second kappa shape index (κ2) is 7.00. The molecular formula is C18H14ClN7O. The molecular weight excluding hydrogens is 366 g/mol. The highest BCUT2D eigenvalue weighted by Crippen LogP contribution is 2.17. The van der Waals surface area contributed by atoms with Crippen molar-refractivity contribution in [2.45, 2.75) is 6.92 Å². The molecule has 4 aromatic rings. The van der Waals surface area contributed by atoms with Gasteiger partial charge >= 0.3 is 0 Å². The monoisotopic (exact) mass is 379 g/mol. The molecule has 0 bridgehead atoms. The van der Waals surface area contributed by atoms with E-state index in [1.54, 1.807) is 46.7 Å². The molecule has 0 radical (unpaired) electrons. The number of aromatic nitrogens is 6. The predicted molar refractivity (Wildman–Crippen MR) is 100 cm³/mol. The summed E-state index contributed by atoms with van der Waals surface area (Å²) in [4.78, 5) is 12.5. The van der Waals surface area contributed by atoms with Gasteiger partial charge in [0, 0.05) is 16.9 Å². The lowest BCUT2D eigenvalue weighted by Gasteiger charge is -2.07. The van der Waals surface area contributed by atoms with Crippen LogP contribution < -0.4 is 5.32 Å². The fourth-order valence-corrected chi connectivity index (χ4v) is 2.69. The molecule has 1 amide bonds. The van der Waals surface area contributed by atoms with Crippen molar-refractivity contribution >= 4 is 23.2 Å². The molecule has 0 spiro atoms. The van der Waals surface area contributed by atoms with E-state index in [1.165, 1.54) is 6.20 Å². The van der Waals surface area contributed by atoms with Crippen molar-refractivity contribution in [1.82, 2.24) is 30.0 Å². The standard InChI is InChI=1S/C18H14ClN7O/c1-12-22-23-24-26(12)17-4-2-3-15(9-17)21-18(27)13-10-20-25(11-13)16-7-5-14(19)6-8-16/h2-11H,1H3,(H,21,27). The summed E-state index contributed by atoms with van der Waals surface area (Å²) in [6.45, 7) is 1.80. The maximum atomic E-state index is 12.5. The number of hydrogen-bond acceptors (Lipinski definition) is 5. The summed E-state index contributed by atoms with van der Waals surface area (Å²) in [6.07, 6.45) is 3.17. The van der Waals surface area contributed by atoms with Crippen molar-refractivity contribution < 1.29 is 4.79 Å². The maximum absolute atomic E-state index is 12.5. The van der Waals surface area contributed by atoms with Crippen molar-refractivity contribution in [3.8, 4) is 11.4 Å². The SMILES string of the molecule is Cc1nnnn1-c1cccc(NC(=O)c2cnn(-c3ccc(Cl)cc3)c2)c1. The summed E-state index contributed by atoms with van der Waals surface area (Å²) in [5.74, 6) is 0.392. The minimum absolute atomic E-state index is 0.263. The van der Waals surface area contributed by atoms with Gasteiger partial charge in [-0.2, -0.15) is 9.78 Å². The van der Waals surface area contributed by atoms with Crippen LogP contribution in [-0.2, 0) is 0 Å². The van der Waals surface area contributed by atoms with E-state index < -0.39 is 0 Å². The van der Waals surface area contributed by atoms with Gasteiger partial charge in [0.2, 0.25) is 0 Å². The number of carbonyl (C=O) groups is 1. The van der Waals surface area contributed by atoms with Gasteiger partial charge < -0.3 is 5.32 Å². The van der Waals surface area contributed by atoms with E-state index in [-0.39, 0.29) is 5.91 Å². The Balaban J connectivity index is 1.53. The number of aryl methyl sites for hydroxylation is 1. The highest BCUT2D eigenvalue weighted by Gasteiger charge is 2.11. The Hall–Kier alpha value is -3.52. The first kappa shape index (κ1) is 16.9. The van der Waals surface area contributed by atoms with Gasteiger partial charge in [0.15, 0.2) is 5.82 Å². The van der Waals surface area contributed by atoms with Gasteiger partial charge in [0.1, 0.15) is 0 Å². The fraction of sp³-hybridized carbons (Fsp3) is 0.0556. The van der Waals surface area contributed by atoms with Crippen molar-refractivity contribution in [3.05, 3.63) is 77.3 Å². The summed E-state index contributed by atoms with van der Waals surface area (Å²) in [5, 5.41) is 19.2. The second-order valence-corrected chi connectivity index (χ2v) is 6.23. The van der Waals surface area contributed by atoms with Crippen molar-refractivity contribution in [2.75, 3.05) is 5.32 Å². The van der Waals surface area contributed by atoms with Crippen molar-refractivity contribution in [2.24, 2.45) is 0 Å². The largest absolute Gasteiger partial charge is 0.322 e. The number of nitrogens with one attached hydrogen (secondary N) is 1. The van der Waals surface area contributed by atoms with Crippen LogP contribution in [-0.4, -0.2) is 35.9 Å². The summed E-state index contributed by atoms with van der Waals surface area (Å²) in [5.41, 5.74) is 2.64. The molecule has 2 aromatic carbocycles. The molecule has 0 aliphatic carbocycles. The normalized spacial score (nSPS) is 10.7. The van der Waals surface area contributed by atoms with Gasteiger partial charge in [-0.15, -0.1) is 5.10 Å². The van der Waals surface area contributed by atoms with Gasteiger partial charge in [0.25, 0.3) is 5.91 Å². The highest BCUT2D eigenvalue weighted by molar-refractivity contribution is 6.30. The second-order valence-electron chi connectivity index (χ2n) is 5.79. The summed E-state index contributed by atoms with van der Waals surface area (Å²) in [6, 6.07) is 14.5. The minimum Gasteiger partial charge on any atom is -0.322 e. The molecule has 0 fully saturated rings. The minimum atomic E-state index is -0.263. The summed E-state index contributed by atoms with van der Waals surface area (Å²) >= 11 is 5.90. The van der Waals surface area contributed by atoms with Crippen LogP contribution in [0.5, 0.6) is 0 Å². The number of hydrogen-bond donors (Lipinski definition) is 1. The van der Waals surface area contributed by atoms with Gasteiger partial charge in [0.05, 0.1) is 23.1 Å². The van der Waals surface area contributed by atoms with Crippen LogP contribution in [0.15, 0.2) is 60.9 Å². The lowest BCUT2D eigenvalue weighted by Crippen LogP contribution is -2.11. The zero-order valence-electron chi connectivity index (χ0n) is 14.2. The molecule has 2 aromatic heterocycles. The molecule has 0 atom stereocenters. The molecule has 4 rings (SSSR count). The van der Waals surface area contributed by atoms with E-state index in [1.807, 2.05) is 24.3 Å². The Bertz CT molecular complexity index is 1100. The van der Waals surface area contributed by atoms with Gasteiger partial charge in [-0.05, 0) is 59.8 Å². The van der Waals surface area contributed by atoms with Crippen molar-refractivity contribution in [1.29, 1.82) is 0 Å². The molecule has 1 N–H and O–H groups in total. The number of halogens is 1. The molecule has 9 heteroatoms. The van der Waals surface area contributed by atoms with Gasteiger partial charge in [-0.25, -0.2) is 4.68 Å². The number of benzene rings is 2. The average Bonchev–Trinajstić information content (AvgIpc) is 3.32. The highest BCUT2D eigenvalue weighted by atomic mass is 35.5. The van der Waals surface area contributed by atoms with Crippen LogP contribution in [0.2, 0.25) is 5.02 Å². The topological polar surface area (TPSA) is 90.5 Å². The zero-order chi connectivity index (χ0) is 18.8. The molecule has 8 nitrogen and oxygen atoms in total. The quantitative estimate of drug-likeness (QED) is 0.588.